The van der Waals surface area contributed by atoms with Crippen molar-refractivity contribution in [3.63, 3.8) is 0 Å². The lowest BCUT2D eigenvalue weighted by Crippen LogP contribution is -2.45. The molecule has 0 saturated heterocycles. The number of ether oxygens (including phenoxy) is 6. The molecule has 6 aromatic rings. The predicted molar refractivity (Wildman–Crippen MR) is 465 cm³/mol. The van der Waals surface area contributed by atoms with Gasteiger partial charge in [0.25, 0.3) is 0 Å². The van der Waals surface area contributed by atoms with Gasteiger partial charge in [0.15, 0.2) is 0 Å². The Morgan fingerprint density at radius 3 is 1.38 bits per heavy atom. The molecule has 0 spiro atoms. The summed E-state index contributed by atoms with van der Waals surface area (Å²) in [5, 5.41) is 47.9. The number of rotatable bonds is 26. The van der Waals surface area contributed by atoms with Crippen LogP contribution < -0.4 is 45.5 Å². The molecular formula is C66H92ClIN20O17P2S8. The Hall–Kier alpha value is -9.22. The van der Waals surface area contributed by atoms with E-state index in [-0.39, 0.29) is 69.7 Å². The number of terminal acetylenes is 4. The zero-order valence-corrected chi connectivity index (χ0v) is 72.9. The van der Waals surface area contributed by atoms with Crippen molar-refractivity contribution < 1.29 is 81.8 Å². The molecule has 6 heterocycles. The number of ketones is 1. The van der Waals surface area contributed by atoms with Crippen molar-refractivity contribution in [1.82, 2.24) is 72.0 Å². The van der Waals surface area contributed by atoms with Crippen molar-refractivity contribution in [3.8, 4) is 61.2 Å². The number of carbonyl (C=O) groups excluding carboxylic acids is 10. The lowest BCUT2D eigenvalue weighted by atomic mass is 10.1. The number of hydrazine groups is 2. The van der Waals surface area contributed by atoms with Crippen LogP contribution in [0.1, 0.15) is 169 Å². The number of anilines is 3. The largest absolute Gasteiger partial charge is 0.469 e. The molecule has 0 fully saturated rings. The number of hydrogen-bond donors (Lipinski definition) is 8. The molecule has 0 unspecified atom stereocenters. The Kier molecular flexibility index (Phi) is 85.6. The van der Waals surface area contributed by atoms with E-state index in [0.717, 1.165) is 57.1 Å². The highest BCUT2D eigenvalue weighted by atomic mass is 127. The van der Waals surface area contributed by atoms with Gasteiger partial charge in [0.2, 0.25) is 20.9 Å². The second-order valence-electron chi connectivity index (χ2n) is 18.5. The first-order chi connectivity index (χ1) is 53.8. The fourth-order valence-corrected chi connectivity index (χ4v) is 17.8. The quantitative estimate of drug-likeness (QED) is 0.00314. The Bertz CT molecular complexity index is 4150. The van der Waals surface area contributed by atoms with Gasteiger partial charge in [-0.15, -0.1) is 105 Å². The van der Waals surface area contributed by atoms with Gasteiger partial charge in [0, 0.05) is 78.3 Å². The van der Waals surface area contributed by atoms with Gasteiger partial charge in [-0.2, -0.15) is 5.10 Å². The fraction of sp³-hybridized carbons (Fsp3) is 0.424. The molecule has 37 nitrogen and oxygen atoms in total. The fourth-order valence-electron chi connectivity index (χ4n) is 5.65. The van der Waals surface area contributed by atoms with Gasteiger partial charge in [-0.1, -0.05) is 54.8 Å². The maximum absolute atomic E-state index is 11.5. The van der Waals surface area contributed by atoms with Gasteiger partial charge >= 0.3 is 47.0 Å². The van der Waals surface area contributed by atoms with Crippen LogP contribution in [-0.2, 0) is 138 Å². The first-order valence-corrected chi connectivity index (χ1v) is 44.2. The van der Waals surface area contributed by atoms with Gasteiger partial charge < -0.3 is 56.8 Å². The molecule has 6 rings (SSSR count). The third-order valence-electron chi connectivity index (χ3n) is 10.4. The molecule has 115 heavy (non-hydrogen) atoms. The Balaban J connectivity index is -0.000000234. The summed E-state index contributed by atoms with van der Waals surface area (Å²) in [6, 6.07) is 10.5. The highest BCUT2D eigenvalue weighted by Crippen LogP contribution is 2.17. The van der Waals surface area contributed by atoms with Crippen LogP contribution in [0.2, 0.25) is 0 Å². The number of carbonyl (C=O) groups is 10. The summed E-state index contributed by atoms with van der Waals surface area (Å²) in [7, 11) is 8.17. The number of nitrogens with zero attached hydrogens (tertiary/aromatic N) is 12. The van der Waals surface area contributed by atoms with Crippen molar-refractivity contribution in [2.45, 2.75) is 139 Å². The maximum Gasteiger partial charge on any atom is 0.398 e. The van der Waals surface area contributed by atoms with Crippen LogP contribution in [0.4, 0.5) is 17.5 Å². The smallest absolute Gasteiger partial charge is 0.398 e. The van der Waals surface area contributed by atoms with Gasteiger partial charge in [0.1, 0.15) is 47.7 Å². The van der Waals surface area contributed by atoms with E-state index in [2.05, 4.69) is 168 Å². The minimum absolute atomic E-state index is 0. The van der Waals surface area contributed by atoms with Gasteiger partial charge in [-0.25, -0.2) is 24.0 Å². The van der Waals surface area contributed by atoms with Crippen molar-refractivity contribution in [2.75, 3.05) is 63.9 Å². The average molecular weight is 1920 g/mol. The van der Waals surface area contributed by atoms with E-state index >= 15 is 0 Å². The molecule has 0 aromatic carbocycles. The van der Waals surface area contributed by atoms with E-state index in [1.165, 1.54) is 57.0 Å². The number of nitrogens with two attached hydrogens (primary N) is 6. The number of nitrogens with one attached hydrogen (secondary N) is 2. The second-order valence-corrected chi connectivity index (χ2v) is 32.8. The summed E-state index contributed by atoms with van der Waals surface area (Å²) in [4.78, 5) is 107. The van der Waals surface area contributed by atoms with Crippen LogP contribution in [0.3, 0.4) is 0 Å². The number of esters is 6. The maximum atomic E-state index is 11.5. The van der Waals surface area contributed by atoms with E-state index in [4.69, 9.17) is 74.4 Å². The molecule has 49 heteroatoms. The highest BCUT2D eigenvalue weighted by Gasteiger charge is 2.17. The van der Waals surface area contributed by atoms with Gasteiger partial charge in [-0.05, 0) is 181 Å². The van der Waals surface area contributed by atoms with E-state index in [0.29, 0.717) is 104 Å². The number of amides is 2. The number of aromatic nitrogens is 12. The lowest BCUT2D eigenvalue weighted by molar-refractivity contribution is -0.155. The van der Waals surface area contributed by atoms with Crippen LogP contribution >= 0.6 is 82.3 Å². The third-order valence-corrected chi connectivity index (χ3v) is 24.0. The van der Waals surface area contributed by atoms with Crippen LogP contribution in [0.25, 0.3) is 0 Å². The first kappa shape index (κ1) is 119. The number of methoxy groups -OCH3 is 1. The van der Waals surface area contributed by atoms with E-state index in [9.17, 15) is 47.9 Å². The Morgan fingerprint density at radius 1 is 0.557 bits per heavy atom. The van der Waals surface area contributed by atoms with Crippen molar-refractivity contribution >= 4 is 209 Å². The van der Waals surface area contributed by atoms with Crippen LogP contribution in [-0.4, -0.2) is 172 Å². The topological polar surface area (TPSA) is 592 Å². The number of aryl methyl sites for hydroxylation is 4. The summed E-state index contributed by atoms with van der Waals surface area (Å²) < 4.78 is 28.2. The zero-order valence-electron chi connectivity index (χ0n) is 61.7. The standard InChI is InChI=1S/C13H17N5O2S.C13H13N5O2S.C9H12N2O4.C9H10N2O2S.C6H9NO.C6H8O2.C4H5ClO3.C4H4IN3.2CH4.H4N2.H2O.P2S5/c2*1-2-20-13(19)12-18-17-11(21-12)6-4-3-5-9-7-8-10(14)16-15-9;1-3-5-6-7(12)10-11-8(13)9(14)15-4-2;1-3-5-6-7-10-11-8(14-7)9(12)13-4-2;1-2-3-4-6(8)5-7;1-3-4-5-6(7)8-2;1-2-8-4(7)3(5)6;5-3-1-2-4(6)8-7-3;;;1-2;;3-1-2-5-7-6-4/h7-8H,2-6H2,1H3,(H2,14,16);7-8H,2,4,6H2,1H3,(H2,14,16);1H,4-6H2,2H3,(H,10,12)(H,11,13);1H,4-6H2,2H3;1H,3-5,7H2;1H,4-5H2,2H3;2H2,1H3;1-2H,(H2,6,8);2*1H4;1-2H2;1H2;. The molecule has 0 bridgehead atoms. The SMILES string of the molecule is C.C.C#CCCC(=O)CN.C#CCCC(=O)NNC(=O)C(=O)OCC.C#CCCC(=O)OC.C#CCCc1nnc(C(=O)OCC)s1.CCOC(=O)C(=O)Cl.CCOC(=O)c1nnc(CCC#Cc2ccc(N)nn2)s1.CCOC(=O)c1nnc(CCCCc2ccc(N)nn2)s1.NN.Nc1ccc(I)nn1.O.S=PP=S=S=S=S. The highest BCUT2D eigenvalue weighted by molar-refractivity contribution is 14.1. The number of nitrogen functional groups attached to an aromatic ring is 3. The lowest BCUT2D eigenvalue weighted by Gasteiger charge is -2.05. The molecule has 0 saturated carbocycles. The molecule has 0 aliphatic carbocycles. The summed E-state index contributed by atoms with van der Waals surface area (Å²) in [5.41, 5.74) is 26.6. The summed E-state index contributed by atoms with van der Waals surface area (Å²) in [6.45, 7) is 9.81. The molecule has 16 N–H and O–H groups in total. The molecule has 630 valence electrons. The molecule has 2 amide bonds. The molecule has 0 atom stereocenters. The van der Waals surface area contributed by atoms with Crippen LogP contribution in [0, 0.1) is 64.9 Å². The van der Waals surface area contributed by atoms with Gasteiger partial charge in [0.05, 0.1) is 58.8 Å². The minimum atomic E-state index is -1.08. The van der Waals surface area contributed by atoms with E-state index in [1.54, 1.807) is 77.3 Å². The molecule has 0 aliphatic rings. The van der Waals surface area contributed by atoms with Crippen LogP contribution in [0.15, 0.2) is 36.4 Å². The van der Waals surface area contributed by atoms with E-state index in [1.807, 2.05) is 23.0 Å². The Morgan fingerprint density at radius 2 is 0.991 bits per heavy atom. The molecule has 6 aromatic heterocycles. The normalized spacial score (nSPS) is 8.83. The zero-order chi connectivity index (χ0) is 85.1. The number of Topliss-reactive ketones (excluding diaryl/α,β-unsaturated/α-hetero) is 1. The number of halogens is 2. The number of unbranched alkanes of at least 4 members (excludes halogenated alkanes) is 1. The van der Waals surface area contributed by atoms with Crippen molar-refractivity contribution in [3.05, 3.63) is 81.5 Å². The molecule has 0 aliphatic heterocycles. The van der Waals surface area contributed by atoms with Gasteiger partial charge in [-0.3, -0.25) is 46.5 Å². The van der Waals surface area contributed by atoms with E-state index < -0.39 is 46.9 Å². The number of hydrogen-bond acceptors (Lipinski definition) is 39. The molecular weight excluding hydrogens is 1830 g/mol. The summed E-state index contributed by atoms with van der Waals surface area (Å²) in [5.74, 6) is 19.5. The third kappa shape index (κ3) is 70.0. The predicted octanol–water partition coefficient (Wildman–Crippen LogP) is 5.57. The Labute approximate surface area is 720 Å². The second kappa shape index (κ2) is 82.8. The monoisotopic (exact) mass is 1920 g/mol. The summed E-state index contributed by atoms with van der Waals surface area (Å²) in [6.07, 6.45) is 27.9. The van der Waals surface area contributed by atoms with Crippen molar-refractivity contribution in [1.29, 1.82) is 0 Å². The van der Waals surface area contributed by atoms with Crippen molar-refractivity contribution in [2.24, 2.45) is 17.4 Å². The summed E-state index contributed by atoms with van der Waals surface area (Å²) >= 11 is 19.7. The average Bonchev–Trinajstić information content (AvgIpc) is 1.77. The minimum Gasteiger partial charge on any atom is -0.469 e. The molecule has 0 radical (unpaired) electrons. The van der Waals surface area contributed by atoms with Crippen LogP contribution in [0.5, 0.6) is 0 Å². The first-order valence-electron chi connectivity index (χ1n) is 31.8.